The van der Waals surface area contributed by atoms with Crippen molar-refractivity contribution in [3.63, 3.8) is 0 Å². The Morgan fingerprint density at radius 2 is 0.855 bits per heavy atom. The van der Waals surface area contributed by atoms with Crippen molar-refractivity contribution >= 4 is 137 Å². The van der Waals surface area contributed by atoms with E-state index in [1.54, 1.807) is 37.0 Å². The standard InChI is InChI=1S/C39H30N4.C34H23N4.C31H22N4.C6H6O3S.CHF3O3S.ClH.3Pt/c1-26-20-29(28-12-5-4-6-13-28)21-27(2)38(26)30-22-31(42-25-41(3)36-17-9-10-18-37(36)42)24-32(23-30)43-35-16-8-7-14-33(35)34-15-11-19-40-39(34)43;1-2-8-25(9-3-1)26-15-17-27(18-16-26)30-23-36-37(24-30)31-12-6-13-32(22-31)38-33-14-5-4-10-28(33)19-20-29-11-7-21-35-34(29)38;1-33-21-34(28-12-6-5-11-27(28)33)24-15-17-26-25-16-14-23(22-9-3-2-4-10-22)19-29(25)35(30(26)20-24)31-13-7-8-18-32-31;7-10(8,9)6-4-2-1-3-5-6;2-1(3,4)8(5,6)7;;;;/h4-23,25H,1-3H3;1-21,23-24H;2-19,21H,1H3;1-5H,(H,7,8,9);(H,5,6,7);1H;;;/q-2;-1;-2;;;;3*+2/p-1. The summed E-state index contributed by atoms with van der Waals surface area (Å²) in [7, 11) is -1.06. The first-order valence-electron chi connectivity index (χ1n) is 43.0. The fourth-order valence-corrected chi connectivity index (χ4v) is 17.7. The summed E-state index contributed by atoms with van der Waals surface area (Å²) in [5.41, 5.74) is 25.6. The van der Waals surface area contributed by atoms with E-state index in [-0.39, 0.29) is 47.0 Å². The van der Waals surface area contributed by atoms with Gasteiger partial charge in [0.1, 0.15) is 17.3 Å². The van der Waals surface area contributed by atoms with Crippen LogP contribution in [0, 0.1) is 45.4 Å². The number of halogens is 4. The number of rotatable bonds is 12. The molecule has 138 heavy (non-hydrogen) atoms. The van der Waals surface area contributed by atoms with Gasteiger partial charge in [-0.15, -0.1) is 70.9 Å². The maximum atomic E-state index is 10.7. The van der Waals surface area contributed by atoms with Crippen molar-refractivity contribution in [1.82, 2.24) is 33.9 Å². The van der Waals surface area contributed by atoms with Gasteiger partial charge in [-0.1, -0.05) is 253 Å². The summed E-state index contributed by atoms with van der Waals surface area (Å²) in [5, 5.41) is 9.35. The van der Waals surface area contributed by atoms with Crippen molar-refractivity contribution < 1.29 is 100 Å². The van der Waals surface area contributed by atoms with Crippen LogP contribution in [-0.2, 0) is 81.1 Å². The Morgan fingerprint density at radius 3 is 1.47 bits per heavy atom. The van der Waals surface area contributed by atoms with E-state index in [1.165, 1.54) is 84.4 Å². The minimum atomic E-state index is -5.84. The number of nitrogens with zero attached hydrogens (tertiary/aromatic N) is 12. The molecular weight excluding hydrogens is 2340 g/mol. The molecule has 0 saturated heterocycles. The molecule has 14 aromatic carbocycles. The Morgan fingerprint density at radius 1 is 0.384 bits per heavy atom. The van der Waals surface area contributed by atoms with Crippen LogP contribution in [0.1, 0.15) is 22.3 Å². The molecule has 692 valence electrons. The summed E-state index contributed by atoms with van der Waals surface area (Å²) in [4.78, 5) is 25.2. The van der Waals surface area contributed by atoms with Crippen molar-refractivity contribution in [2.75, 3.05) is 38.6 Å². The van der Waals surface area contributed by atoms with Gasteiger partial charge in [-0.3, -0.25) is 13.8 Å². The molecule has 20 aromatic rings. The van der Waals surface area contributed by atoms with Crippen LogP contribution in [-0.4, -0.2) is 79.4 Å². The molecule has 0 unspecified atom stereocenters. The van der Waals surface area contributed by atoms with Gasteiger partial charge in [-0.25, -0.2) is 15.0 Å². The van der Waals surface area contributed by atoms with Crippen LogP contribution in [0.4, 0.5) is 64.5 Å². The van der Waals surface area contributed by atoms with Crippen molar-refractivity contribution in [2.24, 2.45) is 0 Å². The second-order valence-corrected chi connectivity index (χ2v) is 34.8. The summed E-state index contributed by atoms with van der Waals surface area (Å²) >= 11 is 1.61. The smallest absolute Gasteiger partial charge is 0.318 e. The Labute approximate surface area is 841 Å². The number of fused-ring (bicyclic) bond motifs is 10. The molecule has 0 atom stereocenters. The fourth-order valence-electron chi connectivity index (χ4n) is 17.2. The Kier molecular flexibility index (Phi) is 29.8. The predicted octanol–water partition coefficient (Wildman–Crippen LogP) is 27.4. The van der Waals surface area contributed by atoms with Crippen molar-refractivity contribution in [3.05, 3.63) is 443 Å². The number of aryl methyl sites for hydroxylation is 2. The topological polar surface area (TPSA) is 191 Å². The van der Waals surface area contributed by atoms with Gasteiger partial charge < -0.3 is 33.6 Å². The zero-order chi connectivity index (χ0) is 94.4. The first-order valence-corrected chi connectivity index (χ1v) is 48.7. The zero-order valence-corrected chi connectivity index (χ0v) is 83.1. The number of para-hydroxylation sites is 6. The van der Waals surface area contributed by atoms with Crippen molar-refractivity contribution in [1.29, 1.82) is 0 Å². The second kappa shape index (κ2) is 42.3. The van der Waals surface area contributed by atoms with Gasteiger partial charge in [-0.2, -0.15) is 60.6 Å². The molecule has 0 radical (unpaired) electrons. The minimum absolute atomic E-state index is 0. The van der Waals surface area contributed by atoms with Gasteiger partial charge in [0.15, 0.2) is 0 Å². The summed E-state index contributed by atoms with van der Waals surface area (Å²) in [6.45, 7) is 8.70. The van der Waals surface area contributed by atoms with E-state index >= 15 is 0 Å². The summed E-state index contributed by atoms with van der Waals surface area (Å²) in [6.07, 6.45) is 13.8. The quantitative estimate of drug-likeness (QED) is 0.0666. The molecule has 2 N–H and O–H groups in total. The van der Waals surface area contributed by atoms with Crippen LogP contribution in [0.2, 0.25) is 0 Å². The van der Waals surface area contributed by atoms with Crippen LogP contribution < -0.4 is 24.5 Å². The van der Waals surface area contributed by atoms with Crippen LogP contribution in [0.3, 0.4) is 0 Å². The molecule has 23 rings (SSSR count). The fraction of sp³-hybridized carbons (Fsp3) is 0.0450. The molecule has 3 aliphatic rings. The predicted molar refractivity (Wildman–Crippen MR) is 538 cm³/mol. The minimum Gasteiger partial charge on any atom is -0.318 e. The molecule has 27 heteroatoms. The molecule has 6 aromatic heterocycles. The van der Waals surface area contributed by atoms with Crippen molar-refractivity contribution in [2.45, 2.75) is 24.3 Å². The number of aromatic nitrogens is 7. The Hall–Kier alpha value is -14.0. The maximum Gasteiger partial charge on any atom is 2.00 e. The summed E-state index contributed by atoms with van der Waals surface area (Å²) in [6, 6.07) is 133. The molecule has 0 aliphatic carbocycles. The Balaban J connectivity index is 0.000000135. The molecule has 0 amide bonds. The SMILES string of the molecule is CN1[CH-]N(c2[c-]c3c(cc2)c2ccc(-c4ccccc4)cc2n3-c2ccccn2)c2ccccc21.Cc1cc(-c2ccccc2)cc(C)c1-c1cc(N2[CH-]N(C)c3ccccc32)[c-]c(-n2c3ccccc3c3cccnc32)c1.O=S(=O)(O)C(F)(F)F.O=S(=O)(O)c1ccccc1.[Cl][Pt+].[Pt+2].[Pt+2].[c-]1c(N2c3ccccc3C=Cc3cccnc32)cccc1-n1cc(-c2ccc(-c3ccccc3)cc2)cn1. The molecule has 0 fully saturated rings. The zero-order valence-electron chi connectivity index (χ0n) is 73.9. The number of benzene rings is 14. The van der Waals surface area contributed by atoms with Gasteiger partial charge in [-0.05, 0) is 191 Å². The third-order valence-corrected chi connectivity index (χ3v) is 24.8. The number of pyridine rings is 3. The molecule has 0 saturated carbocycles. The monoisotopic (exact) mass is 2420 g/mol. The van der Waals surface area contributed by atoms with Crippen LogP contribution in [0.15, 0.2) is 394 Å². The van der Waals surface area contributed by atoms with Gasteiger partial charge in [0.2, 0.25) is 0 Å². The summed E-state index contributed by atoms with van der Waals surface area (Å²) in [5.74, 6) is 1.76. The molecule has 18 nitrogen and oxygen atoms in total. The van der Waals surface area contributed by atoms with E-state index < -0.39 is 25.7 Å². The summed E-state index contributed by atoms with van der Waals surface area (Å²) < 4.78 is 93.1. The van der Waals surface area contributed by atoms with Gasteiger partial charge in [0, 0.05) is 75.0 Å². The normalized spacial score (nSPS) is 12.3. The number of alkyl halides is 3. The molecule has 3 aliphatic heterocycles. The van der Waals surface area contributed by atoms with E-state index in [4.69, 9.17) is 32.5 Å². The van der Waals surface area contributed by atoms with Crippen LogP contribution >= 0.6 is 9.42 Å². The third kappa shape index (κ3) is 20.5. The molecule has 0 bridgehead atoms. The third-order valence-electron chi connectivity index (χ3n) is 23.4. The average Bonchev–Trinajstić information content (AvgIpc) is 1.58. The largest absolute Gasteiger partial charge is 2.00 e. The number of anilines is 9. The van der Waals surface area contributed by atoms with Crippen LogP contribution in [0.25, 0.3) is 129 Å². The molecule has 0 spiro atoms. The first kappa shape index (κ1) is 97.1. The average molecular weight is 2420 g/mol. The Bertz CT molecular complexity index is 7930. The van der Waals surface area contributed by atoms with E-state index in [2.05, 4.69) is 405 Å². The maximum absolute atomic E-state index is 10.7. The van der Waals surface area contributed by atoms with Gasteiger partial charge >= 0.3 is 85.9 Å². The van der Waals surface area contributed by atoms with Crippen molar-refractivity contribution in [3.8, 4) is 72.8 Å². The number of hydrogen-bond donors (Lipinski definition) is 2. The van der Waals surface area contributed by atoms with Gasteiger partial charge in [0.05, 0.1) is 22.3 Å². The van der Waals surface area contributed by atoms with E-state index in [1.807, 2.05) is 78.0 Å². The van der Waals surface area contributed by atoms with E-state index in [0.29, 0.717) is 0 Å². The van der Waals surface area contributed by atoms with Crippen LogP contribution in [0.5, 0.6) is 0 Å². The second-order valence-electron chi connectivity index (χ2n) is 32.0. The first-order chi connectivity index (χ1) is 66.0. The number of hydrogen-bond acceptors (Lipinski definition) is 13. The molecule has 9 heterocycles. The van der Waals surface area contributed by atoms with Gasteiger partial charge in [0.25, 0.3) is 10.1 Å². The molecular formula is C111H82ClF3N12O6Pt3S2. The van der Waals surface area contributed by atoms with E-state index in [9.17, 15) is 21.6 Å². The van der Waals surface area contributed by atoms with E-state index in [0.717, 1.165) is 118 Å².